The van der Waals surface area contributed by atoms with Crippen LogP contribution in [0.1, 0.15) is 36.5 Å². The van der Waals surface area contributed by atoms with E-state index >= 15 is 0 Å². The smallest absolute Gasteiger partial charge is 0.228 e. The summed E-state index contributed by atoms with van der Waals surface area (Å²) in [7, 11) is 2.19. The van der Waals surface area contributed by atoms with Crippen LogP contribution in [0.4, 0.5) is 0 Å². The minimum atomic E-state index is 0.432. The van der Waals surface area contributed by atoms with E-state index in [4.69, 9.17) is 4.74 Å². The fourth-order valence-electron chi connectivity index (χ4n) is 5.36. The Balaban J connectivity index is 1.90. The van der Waals surface area contributed by atoms with Crippen molar-refractivity contribution in [3.63, 3.8) is 0 Å². The van der Waals surface area contributed by atoms with E-state index in [0.717, 1.165) is 11.5 Å². The van der Waals surface area contributed by atoms with Gasteiger partial charge < -0.3 is 4.74 Å². The second-order valence-electron chi connectivity index (χ2n) is 9.12. The molecule has 0 radical (unpaired) electrons. The first-order valence-electron chi connectivity index (χ1n) is 11.1. The topological polar surface area (TPSA) is 13.1 Å². The van der Waals surface area contributed by atoms with Gasteiger partial charge in [-0.2, -0.15) is 4.57 Å². The fourth-order valence-corrected chi connectivity index (χ4v) is 5.36. The maximum absolute atomic E-state index is 6.75. The predicted octanol–water partition coefficient (Wildman–Crippen LogP) is 7.48. The van der Waals surface area contributed by atoms with E-state index in [1.165, 1.54) is 60.4 Å². The van der Waals surface area contributed by atoms with Crippen LogP contribution in [0.5, 0.6) is 11.5 Å². The summed E-state index contributed by atoms with van der Waals surface area (Å²) in [4.78, 5) is 0. The van der Waals surface area contributed by atoms with Crippen LogP contribution in [0.3, 0.4) is 0 Å². The molecule has 0 amide bonds. The van der Waals surface area contributed by atoms with Crippen LogP contribution >= 0.6 is 0 Å². The van der Waals surface area contributed by atoms with Crippen molar-refractivity contribution in [2.75, 3.05) is 0 Å². The van der Waals surface area contributed by atoms with Crippen LogP contribution in [-0.4, -0.2) is 0 Å². The van der Waals surface area contributed by atoms with Gasteiger partial charge in [0.15, 0.2) is 0 Å². The molecule has 152 valence electrons. The Morgan fingerprint density at radius 1 is 0.774 bits per heavy atom. The van der Waals surface area contributed by atoms with Crippen LogP contribution in [0, 0.1) is 13.8 Å². The van der Waals surface area contributed by atoms with Gasteiger partial charge in [-0.05, 0) is 59.9 Å². The molecule has 0 spiro atoms. The molecule has 1 aliphatic rings. The van der Waals surface area contributed by atoms with Crippen LogP contribution in [0.25, 0.3) is 43.7 Å². The molecule has 0 unspecified atom stereocenters. The van der Waals surface area contributed by atoms with Gasteiger partial charge in [0, 0.05) is 17.0 Å². The summed E-state index contributed by atoms with van der Waals surface area (Å²) in [6, 6.07) is 22.0. The minimum absolute atomic E-state index is 0.432. The summed E-state index contributed by atoms with van der Waals surface area (Å²) in [5.41, 5.74) is 7.52. The van der Waals surface area contributed by atoms with E-state index in [9.17, 15) is 0 Å². The number of hydrogen-bond acceptors (Lipinski definition) is 1. The summed E-state index contributed by atoms with van der Waals surface area (Å²) >= 11 is 0. The highest BCUT2D eigenvalue weighted by molar-refractivity contribution is 6.14. The summed E-state index contributed by atoms with van der Waals surface area (Å²) < 4.78 is 9.11. The number of aromatic nitrogens is 1. The van der Waals surface area contributed by atoms with Gasteiger partial charge in [-0.15, -0.1) is 0 Å². The molecule has 0 fully saturated rings. The Morgan fingerprint density at radius 2 is 1.42 bits per heavy atom. The molecule has 1 aromatic heterocycles. The molecule has 31 heavy (non-hydrogen) atoms. The number of para-hydroxylation sites is 1. The SMILES string of the molecule is Cc1c2c(c(C)c3ccccc13)-c1c3c(cc(C(C)C)cc3c3ccccc3[n+]1C)O2. The Hall–Kier alpha value is -3.39. The maximum Gasteiger partial charge on any atom is 0.228 e. The molecule has 0 N–H and O–H groups in total. The zero-order valence-electron chi connectivity index (χ0n) is 18.7. The first-order chi connectivity index (χ1) is 15.0. The lowest BCUT2D eigenvalue weighted by molar-refractivity contribution is -0.632. The van der Waals surface area contributed by atoms with Crippen molar-refractivity contribution in [2.45, 2.75) is 33.6 Å². The number of rotatable bonds is 1. The van der Waals surface area contributed by atoms with Crippen molar-refractivity contribution in [3.8, 4) is 22.8 Å². The van der Waals surface area contributed by atoms with Gasteiger partial charge in [0.25, 0.3) is 0 Å². The first-order valence-corrected chi connectivity index (χ1v) is 11.1. The van der Waals surface area contributed by atoms with Gasteiger partial charge in [-0.25, -0.2) is 0 Å². The molecular formula is C29H26NO+. The number of ether oxygens (including phenoxy) is 1. The fraction of sp³-hybridized carbons (Fsp3) is 0.207. The number of fused-ring (bicyclic) bond motifs is 5. The standard InChI is InChI=1S/C29H26NO/c1-16(2)19-14-23-22-12-8-9-13-24(22)30(5)28-26-17(3)20-10-6-7-11-21(20)18(4)29(26)31-25(15-19)27(23)28/h6-16H,1-5H3/q+1. The Labute approximate surface area is 182 Å². The molecule has 2 heterocycles. The van der Waals surface area contributed by atoms with Crippen molar-refractivity contribution in [2.24, 2.45) is 7.05 Å². The van der Waals surface area contributed by atoms with Crippen molar-refractivity contribution in [1.82, 2.24) is 0 Å². The lowest BCUT2D eigenvalue weighted by Crippen LogP contribution is -2.33. The van der Waals surface area contributed by atoms with E-state index in [2.05, 4.69) is 100.0 Å². The van der Waals surface area contributed by atoms with Gasteiger partial charge in [-0.3, -0.25) is 0 Å². The monoisotopic (exact) mass is 404 g/mol. The van der Waals surface area contributed by atoms with Gasteiger partial charge >= 0.3 is 0 Å². The highest BCUT2D eigenvalue weighted by Gasteiger charge is 2.34. The first kappa shape index (κ1) is 18.4. The van der Waals surface area contributed by atoms with Gasteiger partial charge in [0.05, 0.1) is 16.3 Å². The Morgan fingerprint density at radius 3 is 2.13 bits per heavy atom. The summed E-state index contributed by atoms with van der Waals surface area (Å²) in [5.74, 6) is 2.40. The molecule has 0 aliphatic carbocycles. The molecule has 0 atom stereocenters. The van der Waals surface area contributed by atoms with Gasteiger partial charge in [-0.1, -0.05) is 50.2 Å². The van der Waals surface area contributed by atoms with E-state index in [0.29, 0.717) is 5.92 Å². The molecule has 0 bridgehead atoms. The maximum atomic E-state index is 6.75. The summed E-state index contributed by atoms with van der Waals surface area (Å²) in [5, 5.41) is 6.33. The summed E-state index contributed by atoms with van der Waals surface area (Å²) in [6.45, 7) is 8.92. The molecule has 6 rings (SSSR count). The Kier molecular flexibility index (Phi) is 3.74. The van der Waals surface area contributed by atoms with Crippen molar-refractivity contribution >= 4 is 32.4 Å². The summed E-state index contributed by atoms with van der Waals surface area (Å²) in [6.07, 6.45) is 0. The third-order valence-corrected chi connectivity index (χ3v) is 7.05. The highest BCUT2D eigenvalue weighted by atomic mass is 16.5. The van der Waals surface area contributed by atoms with Crippen LogP contribution < -0.4 is 9.30 Å². The second kappa shape index (κ2) is 6.31. The zero-order valence-corrected chi connectivity index (χ0v) is 18.7. The quantitative estimate of drug-likeness (QED) is 0.204. The lowest BCUT2D eigenvalue weighted by atomic mass is 9.87. The number of hydrogen-bond donors (Lipinski definition) is 0. The Bertz CT molecular complexity index is 1560. The molecule has 0 saturated carbocycles. The van der Waals surface area contributed by atoms with Gasteiger partial charge in [0.2, 0.25) is 11.2 Å². The van der Waals surface area contributed by atoms with Crippen LogP contribution in [0.2, 0.25) is 0 Å². The van der Waals surface area contributed by atoms with E-state index < -0.39 is 0 Å². The highest BCUT2D eigenvalue weighted by Crippen LogP contribution is 2.51. The number of aryl methyl sites for hydroxylation is 3. The van der Waals surface area contributed by atoms with Crippen molar-refractivity contribution in [3.05, 3.63) is 77.4 Å². The van der Waals surface area contributed by atoms with Gasteiger partial charge in [0.1, 0.15) is 18.5 Å². The normalized spacial score (nSPS) is 12.6. The molecule has 4 aromatic carbocycles. The lowest BCUT2D eigenvalue weighted by Gasteiger charge is -2.25. The molecule has 5 aromatic rings. The largest absolute Gasteiger partial charge is 0.455 e. The molecule has 0 saturated heterocycles. The molecule has 2 nitrogen and oxygen atoms in total. The zero-order chi connectivity index (χ0) is 21.4. The number of pyridine rings is 1. The van der Waals surface area contributed by atoms with Crippen molar-refractivity contribution in [1.29, 1.82) is 0 Å². The van der Waals surface area contributed by atoms with E-state index in [-0.39, 0.29) is 0 Å². The average Bonchev–Trinajstić information content (AvgIpc) is 2.79. The molecule has 1 aliphatic heterocycles. The van der Waals surface area contributed by atoms with Crippen LogP contribution in [0.15, 0.2) is 60.7 Å². The minimum Gasteiger partial charge on any atom is -0.455 e. The third kappa shape index (κ3) is 2.36. The molecule has 2 heteroatoms. The van der Waals surface area contributed by atoms with E-state index in [1.807, 2.05) is 0 Å². The second-order valence-corrected chi connectivity index (χ2v) is 9.12. The van der Waals surface area contributed by atoms with E-state index in [1.54, 1.807) is 0 Å². The van der Waals surface area contributed by atoms with Crippen LogP contribution in [-0.2, 0) is 7.05 Å². The van der Waals surface area contributed by atoms with Crippen molar-refractivity contribution < 1.29 is 9.30 Å². The third-order valence-electron chi connectivity index (χ3n) is 7.05. The average molecular weight is 405 g/mol. The molecular weight excluding hydrogens is 378 g/mol. The number of benzene rings is 4. The number of nitrogens with zero attached hydrogens (tertiary/aromatic N) is 1. The predicted molar refractivity (Wildman–Crippen MR) is 129 cm³/mol.